The number of ether oxygens (including phenoxy) is 1. The van der Waals surface area contributed by atoms with Gasteiger partial charge in [-0.2, -0.15) is 0 Å². The van der Waals surface area contributed by atoms with Crippen LogP contribution in [-0.4, -0.2) is 38.3 Å². The lowest BCUT2D eigenvalue weighted by Crippen LogP contribution is -2.23. The van der Waals surface area contributed by atoms with Gasteiger partial charge in [-0.05, 0) is 14.0 Å². The summed E-state index contributed by atoms with van der Waals surface area (Å²) in [5, 5.41) is 0. The SMILES string of the molecule is CCC#CCN(C)CCOCC. The molecule has 2 heteroatoms. The third-order valence-electron chi connectivity index (χ3n) is 1.47. The second-order valence-electron chi connectivity index (χ2n) is 2.64. The minimum atomic E-state index is 0.800. The average Bonchev–Trinajstić information content (AvgIpc) is 2.06. The van der Waals surface area contributed by atoms with Gasteiger partial charge in [-0.25, -0.2) is 0 Å². The highest BCUT2D eigenvalue weighted by atomic mass is 16.5. The first kappa shape index (κ1) is 11.5. The molecule has 0 aromatic heterocycles. The lowest BCUT2D eigenvalue weighted by atomic mass is 10.4. The van der Waals surface area contributed by atoms with Crippen LogP contribution in [0.2, 0.25) is 0 Å². The van der Waals surface area contributed by atoms with Gasteiger partial charge in [0.1, 0.15) is 0 Å². The van der Waals surface area contributed by atoms with Crippen LogP contribution >= 0.6 is 0 Å². The Morgan fingerprint density at radius 1 is 1.25 bits per heavy atom. The summed E-state index contributed by atoms with van der Waals surface area (Å²) in [6.07, 6.45) is 0.944. The fourth-order valence-corrected chi connectivity index (χ4v) is 0.760. The third kappa shape index (κ3) is 7.59. The molecule has 0 fully saturated rings. The van der Waals surface area contributed by atoms with E-state index < -0.39 is 0 Å². The van der Waals surface area contributed by atoms with Gasteiger partial charge in [-0.1, -0.05) is 12.8 Å². The van der Waals surface area contributed by atoms with Crippen molar-refractivity contribution >= 4 is 0 Å². The Balaban J connectivity index is 3.27. The number of nitrogens with zero attached hydrogens (tertiary/aromatic N) is 1. The highest BCUT2D eigenvalue weighted by molar-refractivity contribution is 4.99. The van der Waals surface area contributed by atoms with Crippen molar-refractivity contribution in [3.05, 3.63) is 0 Å². The van der Waals surface area contributed by atoms with Crippen LogP contribution in [-0.2, 0) is 4.74 Å². The maximum absolute atomic E-state index is 5.22. The quantitative estimate of drug-likeness (QED) is 0.455. The monoisotopic (exact) mass is 169 g/mol. The summed E-state index contributed by atoms with van der Waals surface area (Å²) in [5.74, 6) is 6.12. The second-order valence-corrected chi connectivity index (χ2v) is 2.64. The van der Waals surface area contributed by atoms with E-state index in [9.17, 15) is 0 Å². The zero-order chi connectivity index (χ0) is 9.23. The molecule has 0 amide bonds. The minimum Gasteiger partial charge on any atom is -0.380 e. The Hall–Kier alpha value is -0.520. The lowest BCUT2D eigenvalue weighted by molar-refractivity contribution is 0.126. The molecule has 0 unspecified atom stereocenters. The molecule has 70 valence electrons. The predicted octanol–water partition coefficient (Wildman–Crippen LogP) is 1.37. The maximum atomic E-state index is 5.22. The molecule has 0 rings (SSSR count). The van der Waals surface area contributed by atoms with Crippen molar-refractivity contribution in [3.8, 4) is 11.8 Å². The van der Waals surface area contributed by atoms with Crippen molar-refractivity contribution in [1.82, 2.24) is 4.90 Å². The van der Waals surface area contributed by atoms with Crippen molar-refractivity contribution in [2.24, 2.45) is 0 Å². The van der Waals surface area contributed by atoms with E-state index in [2.05, 4.69) is 30.7 Å². The van der Waals surface area contributed by atoms with Crippen molar-refractivity contribution < 1.29 is 4.74 Å². The fourth-order valence-electron chi connectivity index (χ4n) is 0.760. The molecule has 0 aliphatic carbocycles. The fraction of sp³-hybridized carbons (Fsp3) is 0.800. The first-order chi connectivity index (χ1) is 5.81. The van der Waals surface area contributed by atoms with Gasteiger partial charge in [0.05, 0.1) is 13.2 Å². The van der Waals surface area contributed by atoms with Crippen LogP contribution in [0.1, 0.15) is 20.3 Å². The summed E-state index contributed by atoms with van der Waals surface area (Å²) in [4.78, 5) is 2.16. The Morgan fingerprint density at radius 2 is 2.00 bits per heavy atom. The van der Waals surface area contributed by atoms with Gasteiger partial charge in [0, 0.05) is 19.6 Å². The van der Waals surface area contributed by atoms with E-state index in [1.165, 1.54) is 0 Å². The standard InChI is InChI=1S/C10H19NO/c1-4-6-7-8-11(3)9-10-12-5-2/h4-5,8-10H2,1-3H3. The highest BCUT2D eigenvalue weighted by Crippen LogP contribution is 1.82. The van der Waals surface area contributed by atoms with Crippen LogP contribution < -0.4 is 0 Å². The molecular weight excluding hydrogens is 150 g/mol. The average molecular weight is 169 g/mol. The molecule has 0 saturated carbocycles. The molecule has 0 aromatic rings. The summed E-state index contributed by atoms with van der Waals surface area (Å²) >= 11 is 0. The summed E-state index contributed by atoms with van der Waals surface area (Å²) in [6.45, 7) is 7.49. The molecule has 0 bridgehead atoms. The predicted molar refractivity (Wildman–Crippen MR) is 52.1 cm³/mol. The first-order valence-corrected chi connectivity index (χ1v) is 4.53. The third-order valence-corrected chi connectivity index (χ3v) is 1.47. The molecular formula is C10H19NO. The number of hydrogen-bond acceptors (Lipinski definition) is 2. The maximum Gasteiger partial charge on any atom is 0.0599 e. The van der Waals surface area contributed by atoms with Crippen LogP contribution in [0.25, 0.3) is 0 Å². The first-order valence-electron chi connectivity index (χ1n) is 4.53. The second kappa shape index (κ2) is 8.58. The molecule has 0 saturated heterocycles. The van der Waals surface area contributed by atoms with Gasteiger partial charge in [0.15, 0.2) is 0 Å². The van der Waals surface area contributed by atoms with E-state index in [-0.39, 0.29) is 0 Å². The van der Waals surface area contributed by atoms with Gasteiger partial charge in [-0.3, -0.25) is 4.90 Å². The topological polar surface area (TPSA) is 12.5 Å². The van der Waals surface area contributed by atoms with Crippen molar-refractivity contribution in [1.29, 1.82) is 0 Å². The van der Waals surface area contributed by atoms with Gasteiger partial charge < -0.3 is 4.74 Å². The lowest BCUT2D eigenvalue weighted by Gasteiger charge is -2.12. The van der Waals surface area contributed by atoms with Gasteiger partial charge >= 0.3 is 0 Å². The largest absolute Gasteiger partial charge is 0.380 e. The zero-order valence-electron chi connectivity index (χ0n) is 8.39. The van der Waals surface area contributed by atoms with Crippen LogP contribution in [0.15, 0.2) is 0 Å². The minimum absolute atomic E-state index is 0.800. The molecule has 12 heavy (non-hydrogen) atoms. The van der Waals surface area contributed by atoms with E-state index in [0.29, 0.717) is 0 Å². The number of rotatable bonds is 5. The molecule has 0 aliphatic rings. The normalized spacial score (nSPS) is 9.67. The summed E-state index contributed by atoms with van der Waals surface area (Å²) in [7, 11) is 2.06. The molecule has 0 heterocycles. The molecule has 0 atom stereocenters. The van der Waals surface area contributed by atoms with Crippen molar-refractivity contribution in [3.63, 3.8) is 0 Å². The molecule has 0 aromatic carbocycles. The Kier molecular flexibility index (Phi) is 8.20. The van der Waals surface area contributed by atoms with Crippen LogP contribution in [0.4, 0.5) is 0 Å². The summed E-state index contributed by atoms with van der Waals surface area (Å²) in [5.41, 5.74) is 0. The van der Waals surface area contributed by atoms with Crippen LogP contribution in [0, 0.1) is 11.8 Å². The van der Waals surface area contributed by atoms with Crippen molar-refractivity contribution in [2.45, 2.75) is 20.3 Å². The van der Waals surface area contributed by atoms with Crippen molar-refractivity contribution in [2.75, 3.05) is 33.4 Å². The summed E-state index contributed by atoms with van der Waals surface area (Å²) < 4.78 is 5.22. The van der Waals surface area contributed by atoms with E-state index in [0.717, 1.165) is 32.7 Å². The Morgan fingerprint density at radius 3 is 2.58 bits per heavy atom. The van der Waals surface area contributed by atoms with Gasteiger partial charge in [0.25, 0.3) is 0 Å². The smallest absolute Gasteiger partial charge is 0.0599 e. The number of hydrogen-bond donors (Lipinski definition) is 0. The van der Waals surface area contributed by atoms with Crippen LogP contribution in [0.5, 0.6) is 0 Å². The molecule has 2 nitrogen and oxygen atoms in total. The Labute approximate surface area is 75.9 Å². The van der Waals surface area contributed by atoms with E-state index in [1.807, 2.05) is 6.92 Å². The van der Waals surface area contributed by atoms with E-state index >= 15 is 0 Å². The molecule has 0 spiro atoms. The van der Waals surface area contributed by atoms with Gasteiger partial charge in [0.2, 0.25) is 0 Å². The molecule has 0 N–H and O–H groups in total. The van der Waals surface area contributed by atoms with Gasteiger partial charge in [-0.15, -0.1) is 5.92 Å². The highest BCUT2D eigenvalue weighted by Gasteiger charge is 1.93. The Bertz CT molecular complexity index is 146. The summed E-state index contributed by atoms with van der Waals surface area (Å²) in [6, 6.07) is 0. The van der Waals surface area contributed by atoms with E-state index in [4.69, 9.17) is 4.74 Å². The zero-order valence-corrected chi connectivity index (χ0v) is 8.39. The number of likely N-dealkylation sites (N-methyl/N-ethyl adjacent to an activating group) is 1. The van der Waals surface area contributed by atoms with Crippen LogP contribution in [0.3, 0.4) is 0 Å². The van der Waals surface area contributed by atoms with E-state index in [1.54, 1.807) is 0 Å². The molecule has 0 aliphatic heterocycles. The molecule has 0 radical (unpaired) electrons.